The van der Waals surface area contributed by atoms with Gasteiger partial charge in [-0.3, -0.25) is 0 Å². The molecular formula is C9H8F2O. The number of hydrogen-bond donors (Lipinski definition) is 1. The van der Waals surface area contributed by atoms with E-state index in [1.807, 2.05) is 0 Å². The van der Waals surface area contributed by atoms with Crippen LogP contribution in [0.1, 0.15) is 17.9 Å². The summed E-state index contributed by atoms with van der Waals surface area (Å²) in [5.74, 6) is -3.17. The van der Waals surface area contributed by atoms with Crippen LogP contribution in [0, 0.1) is 0 Å². The van der Waals surface area contributed by atoms with E-state index < -0.39 is 11.8 Å². The number of halogens is 2. The third-order valence-corrected chi connectivity index (χ3v) is 2.10. The summed E-state index contributed by atoms with van der Waals surface area (Å²) in [6.07, 6.45) is -0.0869. The maximum Gasteiger partial charge on any atom is 0.255 e. The van der Waals surface area contributed by atoms with E-state index >= 15 is 0 Å². The molecule has 1 N–H and O–H groups in total. The molecule has 12 heavy (non-hydrogen) atoms. The van der Waals surface area contributed by atoms with Crippen LogP contribution in [0.5, 0.6) is 5.75 Å². The lowest BCUT2D eigenvalue weighted by atomic mass is 10.1. The minimum atomic E-state index is -2.55. The Balaban J connectivity index is 2.26. The highest BCUT2D eigenvalue weighted by molar-refractivity contribution is 5.34. The summed E-state index contributed by atoms with van der Waals surface area (Å²) in [4.78, 5) is 0. The first-order valence-corrected chi connectivity index (χ1v) is 3.76. The Labute approximate surface area is 68.6 Å². The zero-order valence-electron chi connectivity index (χ0n) is 6.30. The summed E-state index contributed by atoms with van der Waals surface area (Å²) in [5.41, 5.74) is 0.528. The molecule has 0 amide bonds. The largest absolute Gasteiger partial charge is 0.508 e. The van der Waals surface area contributed by atoms with Gasteiger partial charge >= 0.3 is 0 Å². The molecule has 1 aromatic carbocycles. The van der Waals surface area contributed by atoms with Gasteiger partial charge in [-0.15, -0.1) is 0 Å². The van der Waals surface area contributed by atoms with Gasteiger partial charge in [0.2, 0.25) is 0 Å². The molecule has 64 valence electrons. The molecule has 1 aliphatic carbocycles. The summed E-state index contributed by atoms with van der Waals surface area (Å²) in [6.45, 7) is 0. The Hall–Kier alpha value is -1.12. The molecule has 0 bridgehead atoms. The molecule has 3 heteroatoms. The Morgan fingerprint density at radius 1 is 1.42 bits per heavy atom. The zero-order chi connectivity index (χ0) is 8.77. The van der Waals surface area contributed by atoms with Crippen molar-refractivity contribution in [1.29, 1.82) is 0 Å². The minimum absolute atomic E-state index is 0.0511. The minimum Gasteiger partial charge on any atom is -0.508 e. The lowest BCUT2D eigenvalue weighted by Crippen LogP contribution is -1.91. The van der Waals surface area contributed by atoms with E-state index in [1.54, 1.807) is 12.1 Å². The number of alkyl halides is 2. The van der Waals surface area contributed by atoms with E-state index in [0.29, 0.717) is 5.56 Å². The number of phenols is 1. The van der Waals surface area contributed by atoms with Gasteiger partial charge in [0.15, 0.2) is 0 Å². The smallest absolute Gasteiger partial charge is 0.255 e. The molecule has 1 nitrogen and oxygen atoms in total. The molecule has 1 aromatic rings. The SMILES string of the molecule is Oc1cccc(C2CC2(F)F)c1. The average molecular weight is 170 g/mol. The number of phenolic OH excluding ortho intramolecular Hbond substituents is 1. The van der Waals surface area contributed by atoms with Crippen LogP contribution in [0.15, 0.2) is 24.3 Å². The second kappa shape index (κ2) is 2.19. The Bertz CT molecular complexity index is 309. The fourth-order valence-electron chi connectivity index (χ4n) is 1.32. The van der Waals surface area contributed by atoms with Crippen LogP contribution in [-0.4, -0.2) is 11.0 Å². The molecule has 0 spiro atoms. The third kappa shape index (κ3) is 1.15. The van der Waals surface area contributed by atoms with Crippen LogP contribution in [-0.2, 0) is 0 Å². The predicted molar refractivity (Wildman–Crippen MR) is 40.4 cm³/mol. The van der Waals surface area contributed by atoms with Crippen LogP contribution >= 0.6 is 0 Å². The van der Waals surface area contributed by atoms with Crippen LogP contribution < -0.4 is 0 Å². The molecule has 1 unspecified atom stereocenters. The first-order valence-electron chi connectivity index (χ1n) is 3.76. The third-order valence-electron chi connectivity index (χ3n) is 2.10. The van der Waals surface area contributed by atoms with Crippen molar-refractivity contribution in [2.45, 2.75) is 18.3 Å². The van der Waals surface area contributed by atoms with Gasteiger partial charge in [0.05, 0.1) is 5.92 Å². The molecule has 0 aromatic heterocycles. The quantitative estimate of drug-likeness (QED) is 0.686. The average Bonchev–Trinajstić information content (AvgIpc) is 2.60. The molecule has 2 rings (SSSR count). The second-order valence-corrected chi connectivity index (χ2v) is 3.11. The van der Waals surface area contributed by atoms with Crippen LogP contribution in [0.4, 0.5) is 8.78 Å². The summed E-state index contributed by atoms with van der Waals surface area (Å²) in [7, 11) is 0. The first kappa shape index (κ1) is 7.53. The van der Waals surface area contributed by atoms with Gasteiger partial charge in [0.25, 0.3) is 5.92 Å². The maximum atomic E-state index is 12.5. The monoisotopic (exact) mass is 170 g/mol. The van der Waals surface area contributed by atoms with Gasteiger partial charge < -0.3 is 5.11 Å². The summed E-state index contributed by atoms with van der Waals surface area (Å²) in [6, 6.07) is 6.07. The number of rotatable bonds is 1. The van der Waals surface area contributed by atoms with E-state index in [-0.39, 0.29) is 12.2 Å². The highest BCUT2D eigenvalue weighted by atomic mass is 19.3. The van der Waals surface area contributed by atoms with Gasteiger partial charge in [0, 0.05) is 6.42 Å². The van der Waals surface area contributed by atoms with Crippen molar-refractivity contribution in [2.24, 2.45) is 0 Å². The molecular weight excluding hydrogens is 162 g/mol. The van der Waals surface area contributed by atoms with Crippen LogP contribution in [0.2, 0.25) is 0 Å². The van der Waals surface area contributed by atoms with Gasteiger partial charge in [-0.05, 0) is 17.7 Å². The van der Waals surface area contributed by atoms with E-state index in [0.717, 1.165) is 0 Å². The van der Waals surface area contributed by atoms with E-state index in [9.17, 15) is 8.78 Å². The van der Waals surface area contributed by atoms with Crippen molar-refractivity contribution in [2.75, 3.05) is 0 Å². The standard InChI is InChI=1S/C9H8F2O/c10-9(11)5-8(9)6-2-1-3-7(12)4-6/h1-4,8,12H,5H2. The Kier molecular flexibility index (Phi) is 1.37. The van der Waals surface area contributed by atoms with Crippen molar-refractivity contribution in [3.63, 3.8) is 0 Å². The molecule has 0 saturated heterocycles. The van der Waals surface area contributed by atoms with Crippen molar-refractivity contribution < 1.29 is 13.9 Å². The lowest BCUT2D eigenvalue weighted by molar-refractivity contribution is 0.112. The molecule has 0 heterocycles. The summed E-state index contributed by atoms with van der Waals surface area (Å²) in [5, 5.41) is 9.02. The Morgan fingerprint density at radius 3 is 2.58 bits per heavy atom. The molecule has 1 saturated carbocycles. The second-order valence-electron chi connectivity index (χ2n) is 3.11. The summed E-state index contributed by atoms with van der Waals surface area (Å²) < 4.78 is 25.1. The first-order chi connectivity index (χ1) is 5.59. The van der Waals surface area contributed by atoms with E-state index in [4.69, 9.17) is 5.11 Å². The molecule has 1 aliphatic rings. The van der Waals surface area contributed by atoms with Gasteiger partial charge in [-0.1, -0.05) is 12.1 Å². The fraction of sp³-hybridized carbons (Fsp3) is 0.333. The lowest BCUT2D eigenvalue weighted by Gasteiger charge is -1.98. The molecule has 0 aliphatic heterocycles. The maximum absolute atomic E-state index is 12.5. The van der Waals surface area contributed by atoms with Crippen LogP contribution in [0.25, 0.3) is 0 Å². The normalized spacial score (nSPS) is 25.3. The van der Waals surface area contributed by atoms with Crippen molar-refractivity contribution in [3.8, 4) is 5.75 Å². The van der Waals surface area contributed by atoms with Crippen LogP contribution in [0.3, 0.4) is 0 Å². The highest BCUT2D eigenvalue weighted by Crippen LogP contribution is 2.55. The molecule has 1 fully saturated rings. The molecule has 1 atom stereocenters. The fourth-order valence-corrected chi connectivity index (χ4v) is 1.32. The number of aromatic hydroxyl groups is 1. The van der Waals surface area contributed by atoms with E-state index in [1.165, 1.54) is 12.1 Å². The van der Waals surface area contributed by atoms with Crippen molar-refractivity contribution in [3.05, 3.63) is 29.8 Å². The van der Waals surface area contributed by atoms with E-state index in [2.05, 4.69) is 0 Å². The van der Waals surface area contributed by atoms with Gasteiger partial charge in [-0.25, -0.2) is 8.78 Å². The topological polar surface area (TPSA) is 20.2 Å². The highest BCUT2D eigenvalue weighted by Gasteiger charge is 2.57. The predicted octanol–water partition coefficient (Wildman–Crippen LogP) is 2.51. The van der Waals surface area contributed by atoms with Gasteiger partial charge in [0.1, 0.15) is 5.75 Å². The number of benzene rings is 1. The zero-order valence-corrected chi connectivity index (χ0v) is 6.30. The van der Waals surface area contributed by atoms with Crippen molar-refractivity contribution in [1.82, 2.24) is 0 Å². The Morgan fingerprint density at radius 2 is 2.08 bits per heavy atom. The number of hydrogen-bond acceptors (Lipinski definition) is 1. The van der Waals surface area contributed by atoms with Gasteiger partial charge in [-0.2, -0.15) is 0 Å². The van der Waals surface area contributed by atoms with Crippen molar-refractivity contribution >= 4 is 0 Å². The summed E-state index contributed by atoms with van der Waals surface area (Å²) >= 11 is 0. The molecule has 0 radical (unpaired) electrons.